The molecule has 3 heteroatoms. The number of hydrogen-bond acceptors (Lipinski definition) is 2. The molecule has 1 heterocycles. The van der Waals surface area contributed by atoms with E-state index in [0.29, 0.717) is 5.58 Å². The number of fused-ring (bicyclic) bond motifs is 1. The fourth-order valence-corrected chi connectivity index (χ4v) is 1.73. The lowest BCUT2D eigenvalue weighted by Crippen LogP contribution is -1.93. The van der Waals surface area contributed by atoms with Crippen LogP contribution < -0.4 is 5.76 Å². The SMILES string of the molecule is CCCCCc1ccc2oc(=O)[nH]c2c1. The molecule has 0 spiro atoms. The van der Waals surface area contributed by atoms with Crippen molar-refractivity contribution < 1.29 is 4.42 Å². The molecule has 0 radical (unpaired) electrons. The summed E-state index contributed by atoms with van der Waals surface area (Å²) in [6.07, 6.45) is 4.74. The van der Waals surface area contributed by atoms with Gasteiger partial charge in [0.2, 0.25) is 0 Å². The van der Waals surface area contributed by atoms with Gasteiger partial charge >= 0.3 is 5.76 Å². The van der Waals surface area contributed by atoms with Crippen LogP contribution in [0.25, 0.3) is 11.1 Å². The van der Waals surface area contributed by atoms with Gasteiger partial charge in [0.25, 0.3) is 0 Å². The molecule has 0 aliphatic rings. The Balaban J connectivity index is 2.19. The fraction of sp³-hybridized carbons (Fsp3) is 0.417. The van der Waals surface area contributed by atoms with E-state index in [0.717, 1.165) is 11.9 Å². The van der Waals surface area contributed by atoms with Crippen LogP contribution in [0, 0.1) is 0 Å². The first-order chi connectivity index (χ1) is 7.29. The van der Waals surface area contributed by atoms with Gasteiger partial charge in [0.15, 0.2) is 5.58 Å². The van der Waals surface area contributed by atoms with Crippen LogP contribution in [0.3, 0.4) is 0 Å². The van der Waals surface area contributed by atoms with Gasteiger partial charge in [0.05, 0.1) is 5.52 Å². The number of aromatic amines is 1. The molecular weight excluding hydrogens is 190 g/mol. The summed E-state index contributed by atoms with van der Waals surface area (Å²) in [5.74, 6) is -0.379. The Kier molecular flexibility index (Phi) is 2.90. The number of H-pyrrole nitrogens is 1. The quantitative estimate of drug-likeness (QED) is 0.780. The largest absolute Gasteiger partial charge is 0.417 e. The summed E-state index contributed by atoms with van der Waals surface area (Å²) in [6, 6.07) is 5.87. The van der Waals surface area contributed by atoms with Gasteiger partial charge in [0, 0.05) is 0 Å². The highest BCUT2D eigenvalue weighted by molar-refractivity contribution is 5.72. The Hall–Kier alpha value is -1.51. The monoisotopic (exact) mass is 205 g/mol. The maximum Gasteiger partial charge on any atom is 0.417 e. The van der Waals surface area contributed by atoms with Crippen molar-refractivity contribution in [1.82, 2.24) is 4.98 Å². The van der Waals surface area contributed by atoms with E-state index >= 15 is 0 Å². The molecule has 1 aromatic heterocycles. The van der Waals surface area contributed by atoms with E-state index in [1.54, 1.807) is 0 Å². The minimum Gasteiger partial charge on any atom is -0.408 e. The normalized spacial score (nSPS) is 11.0. The summed E-state index contributed by atoms with van der Waals surface area (Å²) in [7, 11) is 0. The van der Waals surface area contributed by atoms with Crippen molar-refractivity contribution in [2.45, 2.75) is 32.6 Å². The maximum atomic E-state index is 10.9. The van der Waals surface area contributed by atoms with Crippen molar-refractivity contribution in [3.8, 4) is 0 Å². The second kappa shape index (κ2) is 4.34. The van der Waals surface area contributed by atoms with Gasteiger partial charge in [-0.25, -0.2) is 4.79 Å². The van der Waals surface area contributed by atoms with E-state index < -0.39 is 0 Å². The third kappa shape index (κ3) is 2.29. The summed E-state index contributed by atoms with van der Waals surface area (Å²) in [6.45, 7) is 2.19. The lowest BCUT2D eigenvalue weighted by molar-refractivity contribution is 0.555. The van der Waals surface area contributed by atoms with Gasteiger partial charge in [0.1, 0.15) is 0 Å². The van der Waals surface area contributed by atoms with Gasteiger partial charge in [-0.3, -0.25) is 4.98 Å². The molecule has 1 aromatic carbocycles. The first-order valence-corrected chi connectivity index (χ1v) is 5.41. The molecule has 0 aliphatic carbocycles. The minimum absolute atomic E-state index is 0.379. The molecule has 1 N–H and O–H groups in total. The van der Waals surface area contributed by atoms with Crippen LogP contribution in [-0.4, -0.2) is 4.98 Å². The van der Waals surface area contributed by atoms with Crippen molar-refractivity contribution in [2.24, 2.45) is 0 Å². The van der Waals surface area contributed by atoms with E-state index in [-0.39, 0.29) is 5.76 Å². The lowest BCUT2D eigenvalue weighted by Gasteiger charge is -1.99. The minimum atomic E-state index is -0.379. The number of aryl methyl sites for hydroxylation is 1. The molecule has 0 amide bonds. The number of benzene rings is 1. The van der Waals surface area contributed by atoms with E-state index in [1.165, 1.54) is 24.8 Å². The predicted octanol–water partition coefficient (Wildman–Crippen LogP) is 2.85. The number of oxazole rings is 1. The summed E-state index contributed by atoms with van der Waals surface area (Å²) >= 11 is 0. The molecule has 3 nitrogen and oxygen atoms in total. The fourth-order valence-electron chi connectivity index (χ4n) is 1.73. The molecule has 0 aliphatic heterocycles. The highest BCUT2D eigenvalue weighted by Gasteiger charge is 2.01. The van der Waals surface area contributed by atoms with E-state index in [2.05, 4.69) is 11.9 Å². The van der Waals surface area contributed by atoms with Crippen LogP contribution in [0.1, 0.15) is 31.7 Å². The summed E-state index contributed by atoms with van der Waals surface area (Å²) in [4.78, 5) is 13.6. The van der Waals surface area contributed by atoms with Crippen LogP contribution in [0.4, 0.5) is 0 Å². The van der Waals surface area contributed by atoms with Crippen molar-refractivity contribution in [3.05, 3.63) is 34.3 Å². The molecule has 0 bridgehead atoms. The number of aromatic nitrogens is 1. The second-order valence-corrected chi connectivity index (χ2v) is 3.80. The van der Waals surface area contributed by atoms with Gasteiger partial charge in [-0.1, -0.05) is 25.8 Å². The van der Waals surface area contributed by atoms with Crippen LogP contribution in [0.15, 0.2) is 27.4 Å². The topological polar surface area (TPSA) is 46.0 Å². The first-order valence-electron chi connectivity index (χ1n) is 5.41. The third-order valence-electron chi connectivity index (χ3n) is 2.55. The van der Waals surface area contributed by atoms with Crippen LogP contribution in [0.5, 0.6) is 0 Å². The maximum absolute atomic E-state index is 10.9. The smallest absolute Gasteiger partial charge is 0.408 e. The number of unbranched alkanes of at least 4 members (excludes halogenated alkanes) is 2. The molecular formula is C12H15NO2. The molecule has 0 atom stereocenters. The van der Waals surface area contributed by atoms with Gasteiger partial charge in [-0.15, -0.1) is 0 Å². The Morgan fingerprint density at radius 1 is 1.33 bits per heavy atom. The molecule has 15 heavy (non-hydrogen) atoms. The van der Waals surface area contributed by atoms with Crippen LogP contribution >= 0.6 is 0 Å². The summed E-state index contributed by atoms with van der Waals surface area (Å²) in [5.41, 5.74) is 2.70. The molecule has 0 saturated heterocycles. The zero-order valence-corrected chi connectivity index (χ0v) is 8.88. The van der Waals surface area contributed by atoms with E-state index in [9.17, 15) is 4.79 Å². The first kappa shape index (κ1) is 10.0. The zero-order chi connectivity index (χ0) is 10.7. The highest BCUT2D eigenvalue weighted by atomic mass is 16.4. The van der Waals surface area contributed by atoms with Crippen molar-refractivity contribution >= 4 is 11.1 Å². The molecule has 0 fully saturated rings. The molecule has 0 unspecified atom stereocenters. The Morgan fingerprint density at radius 3 is 3.00 bits per heavy atom. The predicted molar refractivity (Wildman–Crippen MR) is 60.1 cm³/mol. The Labute approximate surface area is 88.1 Å². The van der Waals surface area contributed by atoms with Crippen molar-refractivity contribution in [1.29, 1.82) is 0 Å². The Bertz CT molecular complexity index is 496. The van der Waals surface area contributed by atoms with E-state index in [1.807, 2.05) is 18.2 Å². The van der Waals surface area contributed by atoms with Crippen LogP contribution in [-0.2, 0) is 6.42 Å². The van der Waals surface area contributed by atoms with Crippen LogP contribution in [0.2, 0.25) is 0 Å². The average Bonchev–Trinajstić information content (AvgIpc) is 2.57. The molecule has 2 aromatic rings. The lowest BCUT2D eigenvalue weighted by atomic mass is 10.1. The Morgan fingerprint density at radius 2 is 2.20 bits per heavy atom. The third-order valence-corrected chi connectivity index (χ3v) is 2.55. The molecule has 0 saturated carbocycles. The zero-order valence-electron chi connectivity index (χ0n) is 8.88. The average molecular weight is 205 g/mol. The summed E-state index contributed by atoms with van der Waals surface area (Å²) < 4.78 is 4.94. The number of nitrogens with one attached hydrogen (secondary N) is 1. The van der Waals surface area contributed by atoms with Gasteiger partial charge in [-0.05, 0) is 30.5 Å². The number of rotatable bonds is 4. The van der Waals surface area contributed by atoms with Crippen molar-refractivity contribution in [2.75, 3.05) is 0 Å². The van der Waals surface area contributed by atoms with Gasteiger partial charge < -0.3 is 4.42 Å². The standard InChI is InChI=1S/C12H15NO2/c1-2-3-4-5-9-6-7-11-10(8-9)13-12(14)15-11/h6-8H,2-5H2,1H3,(H,13,14). The van der Waals surface area contributed by atoms with Crippen molar-refractivity contribution in [3.63, 3.8) is 0 Å². The highest BCUT2D eigenvalue weighted by Crippen LogP contribution is 2.14. The second-order valence-electron chi connectivity index (χ2n) is 3.80. The number of hydrogen-bond donors (Lipinski definition) is 1. The molecule has 80 valence electrons. The van der Waals surface area contributed by atoms with E-state index in [4.69, 9.17) is 4.42 Å². The molecule has 2 rings (SSSR count). The summed E-state index contributed by atoms with van der Waals surface area (Å²) in [5, 5.41) is 0. The van der Waals surface area contributed by atoms with Gasteiger partial charge in [-0.2, -0.15) is 0 Å².